The Bertz CT molecular complexity index is 416. The molecule has 0 saturated carbocycles. The van der Waals surface area contributed by atoms with E-state index in [-0.39, 0.29) is 0 Å². The molecule has 2 rings (SSSR count). The first-order valence-electron chi connectivity index (χ1n) is 5.76. The van der Waals surface area contributed by atoms with Gasteiger partial charge in [0.15, 0.2) is 0 Å². The molecule has 1 unspecified atom stereocenters. The molecule has 1 aliphatic rings. The van der Waals surface area contributed by atoms with Gasteiger partial charge in [0.1, 0.15) is 6.07 Å². The smallest absolute Gasteiger partial charge is 0.253 e. The third kappa shape index (κ3) is 2.98. The van der Waals surface area contributed by atoms with E-state index >= 15 is 0 Å². The monoisotopic (exact) mass is 250 g/mol. The van der Waals surface area contributed by atoms with E-state index in [0.717, 1.165) is 19.6 Å². The molecule has 90 valence electrons. The summed E-state index contributed by atoms with van der Waals surface area (Å²) in [7, 11) is 0. The summed E-state index contributed by atoms with van der Waals surface area (Å²) < 4.78 is 0. The number of nitriles is 1. The molecule has 0 aromatic heterocycles. The van der Waals surface area contributed by atoms with E-state index in [2.05, 4.69) is 4.90 Å². The number of aliphatic hydroxyl groups is 1. The van der Waals surface area contributed by atoms with Crippen LogP contribution in [0.3, 0.4) is 0 Å². The molecule has 1 saturated heterocycles. The Morgan fingerprint density at radius 1 is 1.29 bits per heavy atom. The van der Waals surface area contributed by atoms with Crippen LogP contribution in [0.4, 0.5) is 0 Å². The summed E-state index contributed by atoms with van der Waals surface area (Å²) in [5.74, 6) is 0. The molecule has 1 N–H and O–H groups in total. The van der Waals surface area contributed by atoms with Gasteiger partial charge in [-0.3, -0.25) is 4.90 Å². The molecule has 1 atom stereocenters. The number of benzene rings is 1. The maximum atomic E-state index is 9.56. The van der Waals surface area contributed by atoms with Crippen molar-refractivity contribution in [1.29, 1.82) is 5.26 Å². The molecule has 0 spiro atoms. The lowest BCUT2D eigenvalue weighted by molar-refractivity contribution is 0.189. The molecule has 0 aliphatic carbocycles. The molecular formula is C13H15ClN2O. The first-order valence-corrected chi connectivity index (χ1v) is 6.14. The van der Waals surface area contributed by atoms with Crippen molar-refractivity contribution < 1.29 is 5.11 Å². The lowest BCUT2D eigenvalue weighted by Gasteiger charge is -2.16. The van der Waals surface area contributed by atoms with E-state index in [1.54, 1.807) is 18.2 Å². The van der Waals surface area contributed by atoms with E-state index in [0.29, 0.717) is 5.56 Å². The molecule has 0 bridgehead atoms. The minimum absolute atomic E-state index is 0.423. The maximum absolute atomic E-state index is 9.56. The van der Waals surface area contributed by atoms with Gasteiger partial charge in [-0.1, -0.05) is 35.9 Å². The SMILES string of the molecule is N#CC(O)(Cl)c1ccc(CN2CCCC2)cc1. The van der Waals surface area contributed by atoms with Crippen LogP contribution in [0.5, 0.6) is 0 Å². The van der Waals surface area contributed by atoms with Gasteiger partial charge >= 0.3 is 0 Å². The number of likely N-dealkylation sites (tertiary alicyclic amines) is 1. The first-order chi connectivity index (χ1) is 8.12. The van der Waals surface area contributed by atoms with Crippen LogP contribution >= 0.6 is 11.6 Å². The number of rotatable bonds is 3. The highest BCUT2D eigenvalue weighted by atomic mass is 35.5. The first kappa shape index (κ1) is 12.4. The van der Waals surface area contributed by atoms with E-state index in [4.69, 9.17) is 16.9 Å². The molecule has 0 radical (unpaired) electrons. The van der Waals surface area contributed by atoms with Crippen LogP contribution in [-0.2, 0) is 11.6 Å². The second-order valence-corrected chi connectivity index (χ2v) is 4.96. The van der Waals surface area contributed by atoms with Gasteiger partial charge in [0.25, 0.3) is 5.06 Å². The van der Waals surface area contributed by atoms with Gasteiger partial charge in [-0.15, -0.1) is 0 Å². The van der Waals surface area contributed by atoms with Gasteiger partial charge in [0, 0.05) is 12.1 Å². The highest BCUT2D eigenvalue weighted by Gasteiger charge is 2.25. The zero-order chi connectivity index (χ0) is 12.3. The Hall–Kier alpha value is -1.08. The number of halogens is 1. The van der Waals surface area contributed by atoms with Crippen molar-refractivity contribution in [2.75, 3.05) is 13.1 Å². The van der Waals surface area contributed by atoms with Crippen LogP contribution in [-0.4, -0.2) is 23.1 Å². The summed E-state index contributed by atoms with van der Waals surface area (Å²) in [6, 6.07) is 8.91. The summed E-state index contributed by atoms with van der Waals surface area (Å²) in [6.45, 7) is 3.23. The standard InChI is InChI=1S/C13H15ClN2O/c14-13(17,10-15)12-5-3-11(4-6-12)9-16-7-1-2-8-16/h3-6,17H,1-2,7-9H2. The number of hydrogen-bond donors (Lipinski definition) is 1. The molecule has 3 nitrogen and oxygen atoms in total. The molecule has 1 fully saturated rings. The highest BCUT2D eigenvalue weighted by Crippen LogP contribution is 2.25. The average Bonchev–Trinajstić information content (AvgIpc) is 2.83. The molecule has 17 heavy (non-hydrogen) atoms. The topological polar surface area (TPSA) is 47.3 Å². The Labute approximate surface area is 106 Å². The fourth-order valence-electron chi connectivity index (χ4n) is 2.09. The van der Waals surface area contributed by atoms with E-state index in [1.807, 2.05) is 12.1 Å². The Balaban J connectivity index is 2.05. The summed E-state index contributed by atoms with van der Waals surface area (Å²) in [6.07, 6.45) is 2.54. The van der Waals surface area contributed by atoms with Crippen molar-refractivity contribution in [2.45, 2.75) is 24.4 Å². The predicted octanol–water partition coefficient (Wildman–Crippen LogP) is 2.19. The van der Waals surface area contributed by atoms with Gasteiger partial charge in [0.2, 0.25) is 0 Å². The fraction of sp³-hybridized carbons (Fsp3) is 0.462. The molecule has 1 heterocycles. The third-order valence-electron chi connectivity index (χ3n) is 3.09. The van der Waals surface area contributed by atoms with Gasteiger partial charge in [-0.25, -0.2) is 0 Å². The van der Waals surface area contributed by atoms with Crippen molar-refractivity contribution in [2.24, 2.45) is 0 Å². The molecular weight excluding hydrogens is 236 g/mol. The Morgan fingerprint density at radius 2 is 1.88 bits per heavy atom. The van der Waals surface area contributed by atoms with Crippen LogP contribution in [0, 0.1) is 11.3 Å². The molecule has 4 heteroatoms. The second kappa shape index (κ2) is 5.05. The molecule has 1 aliphatic heterocycles. The van der Waals surface area contributed by atoms with Crippen LogP contribution in [0.2, 0.25) is 0 Å². The van der Waals surface area contributed by atoms with Gasteiger partial charge < -0.3 is 5.11 Å². The summed E-state index contributed by atoms with van der Waals surface area (Å²) in [5, 5.41) is 16.4. The van der Waals surface area contributed by atoms with Crippen molar-refractivity contribution in [3.63, 3.8) is 0 Å². The largest absolute Gasteiger partial charge is 0.360 e. The van der Waals surface area contributed by atoms with Crippen molar-refractivity contribution in [3.8, 4) is 6.07 Å². The Morgan fingerprint density at radius 3 is 2.41 bits per heavy atom. The van der Waals surface area contributed by atoms with E-state index < -0.39 is 5.06 Å². The Kier molecular flexibility index (Phi) is 3.68. The molecule has 1 aromatic carbocycles. The van der Waals surface area contributed by atoms with Crippen LogP contribution in [0.25, 0.3) is 0 Å². The number of hydrogen-bond acceptors (Lipinski definition) is 3. The van der Waals surface area contributed by atoms with E-state index in [9.17, 15) is 5.11 Å². The summed E-state index contributed by atoms with van der Waals surface area (Å²) >= 11 is 5.65. The van der Waals surface area contributed by atoms with E-state index in [1.165, 1.54) is 18.4 Å². The quantitative estimate of drug-likeness (QED) is 0.661. The van der Waals surface area contributed by atoms with Crippen LogP contribution in [0.1, 0.15) is 24.0 Å². The van der Waals surface area contributed by atoms with Gasteiger partial charge in [-0.05, 0) is 31.5 Å². The second-order valence-electron chi connectivity index (χ2n) is 4.41. The lowest BCUT2D eigenvalue weighted by Crippen LogP contribution is -2.19. The molecule has 0 amide bonds. The van der Waals surface area contributed by atoms with Crippen molar-refractivity contribution in [3.05, 3.63) is 35.4 Å². The minimum Gasteiger partial charge on any atom is -0.360 e. The average molecular weight is 251 g/mol. The highest BCUT2D eigenvalue weighted by molar-refractivity contribution is 6.24. The fourth-order valence-corrected chi connectivity index (χ4v) is 2.22. The normalized spacial score (nSPS) is 19.8. The maximum Gasteiger partial charge on any atom is 0.253 e. The zero-order valence-electron chi connectivity index (χ0n) is 9.56. The zero-order valence-corrected chi connectivity index (χ0v) is 10.3. The molecule has 1 aromatic rings. The van der Waals surface area contributed by atoms with Gasteiger partial charge in [0.05, 0.1) is 0 Å². The summed E-state index contributed by atoms with van der Waals surface area (Å²) in [4.78, 5) is 2.40. The summed E-state index contributed by atoms with van der Waals surface area (Å²) in [5.41, 5.74) is 1.60. The number of nitrogens with zero attached hydrogens (tertiary/aromatic N) is 2. The lowest BCUT2D eigenvalue weighted by atomic mass is 10.1. The van der Waals surface area contributed by atoms with Gasteiger partial charge in [-0.2, -0.15) is 5.26 Å². The minimum atomic E-state index is -1.91. The van der Waals surface area contributed by atoms with Crippen molar-refractivity contribution >= 4 is 11.6 Å². The van der Waals surface area contributed by atoms with Crippen LogP contribution < -0.4 is 0 Å². The third-order valence-corrected chi connectivity index (χ3v) is 3.39. The van der Waals surface area contributed by atoms with Crippen LogP contribution in [0.15, 0.2) is 24.3 Å². The number of alkyl halides is 1. The predicted molar refractivity (Wildman–Crippen MR) is 66.3 cm³/mol. The van der Waals surface area contributed by atoms with Crippen molar-refractivity contribution in [1.82, 2.24) is 4.90 Å².